The quantitative estimate of drug-likeness (QED) is 0.593. The number of carboxylic acids is 1. The second-order valence-corrected chi connectivity index (χ2v) is 6.20. The van der Waals surface area contributed by atoms with Gasteiger partial charge in [0.15, 0.2) is 0 Å². The Morgan fingerprint density at radius 3 is 2.05 bits per heavy atom. The van der Waals surface area contributed by atoms with Gasteiger partial charge in [-0.3, -0.25) is 9.59 Å². The van der Waals surface area contributed by atoms with Crippen molar-refractivity contribution in [3.63, 3.8) is 0 Å². The van der Waals surface area contributed by atoms with Gasteiger partial charge in [0.2, 0.25) is 5.91 Å². The third-order valence-electron chi connectivity index (χ3n) is 2.67. The van der Waals surface area contributed by atoms with Crippen molar-refractivity contribution in [1.82, 2.24) is 10.6 Å². The van der Waals surface area contributed by atoms with E-state index in [0.717, 1.165) is 0 Å². The van der Waals surface area contributed by atoms with Crippen LogP contribution in [0.4, 0.5) is 0 Å². The summed E-state index contributed by atoms with van der Waals surface area (Å²) in [4.78, 5) is 34.9. The number of carboxylic acid groups (broad SMARTS) is 1. The highest BCUT2D eigenvalue weighted by Crippen LogP contribution is 2.10. The Labute approximate surface area is 125 Å². The molecule has 0 saturated carbocycles. The SMILES string of the molecule is CN[C@H](C(=O)N[C@@H](CC(=O)OC(C)(C)C)C(=O)O)C(C)C. The fourth-order valence-electron chi connectivity index (χ4n) is 1.78. The number of carbonyl (C=O) groups excluding carboxylic acids is 2. The second kappa shape index (κ2) is 7.97. The smallest absolute Gasteiger partial charge is 0.326 e. The molecule has 0 spiro atoms. The Morgan fingerprint density at radius 1 is 1.19 bits per heavy atom. The van der Waals surface area contributed by atoms with Crippen LogP contribution in [0.1, 0.15) is 41.0 Å². The highest BCUT2D eigenvalue weighted by atomic mass is 16.6. The zero-order chi connectivity index (χ0) is 16.8. The lowest BCUT2D eigenvalue weighted by Crippen LogP contribution is -2.52. The first-order valence-corrected chi connectivity index (χ1v) is 6.90. The maximum Gasteiger partial charge on any atom is 0.326 e. The van der Waals surface area contributed by atoms with Gasteiger partial charge in [0.1, 0.15) is 11.6 Å². The van der Waals surface area contributed by atoms with Gasteiger partial charge >= 0.3 is 11.9 Å². The number of carbonyl (C=O) groups is 3. The average molecular weight is 302 g/mol. The largest absolute Gasteiger partial charge is 0.480 e. The molecule has 7 nitrogen and oxygen atoms in total. The number of hydrogen-bond acceptors (Lipinski definition) is 5. The standard InChI is InChI=1S/C14H26N2O5/c1-8(2)11(15-6)12(18)16-9(13(19)20)7-10(17)21-14(3,4)5/h8-9,11,15H,7H2,1-6H3,(H,16,18)(H,19,20)/t9-,11-/m0/s1. The van der Waals surface area contributed by atoms with Crippen molar-refractivity contribution in [1.29, 1.82) is 0 Å². The zero-order valence-electron chi connectivity index (χ0n) is 13.5. The molecule has 2 atom stereocenters. The predicted molar refractivity (Wildman–Crippen MR) is 77.7 cm³/mol. The van der Waals surface area contributed by atoms with Gasteiger partial charge in [0.05, 0.1) is 12.5 Å². The van der Waals surface area contributed by atoms with E-state index >= 15 is 0 Å². The maximum absolute atomic E-state index is 12.0. The number of hydrogen-bond donors (Lipinski definition) is 3. The average Bonchev–Trinajstić information content (AvgIpc) is 2.25. The minimum atomic E-state index is -1.30. The molecule has 0 unspecified atom stereocenters. The monoisotopic (exact) mass is 302 g/mol. The topological polar surface area (TPSA) is 105 Å². The number of aliphatic carboxylic acids is 1. The van der Waals surface area contributed by atoms with E-state index in [4.69, 9.17) is 9.84 Å². The molecule has 0 aromatic rings. The number of amides is 1. The Hall–Kier alpha value is -1.63. The van der Waals surface area contributed by atoms with Crippen molar-refractivity contribution >= 4 is 17.8 Å². The number of nitrogens with one attached hydrogen (secondary N) is 2. The lowest BCUT2D eigenvalue weighted by Gasteiger charge is -2.24. The first-order valence-electron chi connectivity index (χ1n) is 6.90. The number of likely N-dealkylation sites (N-methyl/N-ethyl adjacent to an activating group) is 1. The van der Waals surface area contributed by atoms with Crippen LogP contribution in [0.3, 0.4) is 0 Å². The molecule has 0 fully saturated rings. The van der Waals surface area contributed by atoms with Gasteiger partial charge in [0, 0.05) is 0 Å². The second-order valence-electron chi connectivity index (χ2n) is 6.20. The summed E-state index contributed by atoms with van der Waals surface area (Å²) in [7, 11) is 1.62. The van der Waals surface area contributed by atoms with Crippen molar-refractivity contribution < 1.29 is 24.2 Å². The number of rotatable bonds is 7. The van der Waals surface area contributed by atoms with Gasteiger partial charge in [-0.1, -0.05) is 13.8 Å². The van der Waals surface area contributed by atoms with Crippen molar-refractivity contribution in [2.24, 2.45) is 5.92 Å². The first-order chi connectivity index (χ1) is 9.47. The first kappa shape index (κ1) is 19.4. The summed E-state index contributed by atoms with van der Waals surface area (Å²) < 4.78 is 5.06. The lowest BCUT2D eigenvalue weighted by molar-refractivity contribution is -0.158. The van der Waals surface area contributed by atoms with Gasteiger partial charge in [0.25, 0.3) is 0 Å². The number of ether oxygens (including phenoxy) is 1. The minimum absolute atomic E-state index is 0.00836. The van der Waals surface area contributed by atoms with Gasteiger partial charge < -0.3 is 20.5 Å². The summed E-state index contributed by atoms with van der Waals surface area (Å²) >= 11 is 0. The summed E-state index contributed by atoms with van der Waals surface area (Å²) in [5, 5.41) is 14.3. The van der Waals surface area contributed by atoms with Crippen molar-refractivity contribution in [2.75, 3.05) is 7.05 Å². The van der Waals surface area contributed by atoms with Crippen LogP contribution in [0, 0.1) is 5.92 Å². The van der Waals surface area contributed by atoms with Crippen LogP contribution >= 0.6 is 0 Å². The van der Waals surface area contributed by atoms with E-state index in [9.17, 15) is 14.4 Å². The Morgan fingerprint density at radius 2 is 1.71 bits per heavy atom. The highest BCUT2D eigenvalue weighted by molar-refractivity contribution is 5.89. The van der Waals surface area contributed by atoms with Crippen molar-refractivity contribution in [3.05, 3.63) is 0 Å². The molecular weight excluding hydrogens is 276 g/mol. The summed E-state index contributed by atoms with van der Waals surface area (Å²) in [5.74, 6) is -2.40. The minimum Gasteiger partial charge on any atom is -0.480 e. The van der Waals surface area contributed by atoms with Crippen LogP contribution in [-0.4, -0.2) is 47.7 Å². The van der Waals surface area contributed by atoms with E-state index in [2.05, 4.69) is 10.6 Å². The van der Waals surface area contributed by atoms with Crippen LogP contribution in [0.2, 0.25) is 0 Å². The van der Waals surface area contributed by atoms with Crippen LogP contribution in [0.15, 0.2) is 0 Å². The highest BCUT2D eigenvalue weighted by Gasteiger charge is 2.29. The fraction of sp³-hybridized carbons (Fsp3) is 0.786. The van der Waals surface area contributed by atoms with Crippen LogP contribution < -0.4 is 10.6 Å². The summed E-state index contributed by atoms with van der Waals surface area (Å²) in [6.45, 7) is 8.74. The van der Waals surface area contributed by atoms with Crippen molar-refractivity contribution in [3.8, 4) is 0 Å². The van der Waals surface area contributed by atoms with Crippen molar-refractivity contribution in [2.45, 2.75) is 58.7 Å². The van der Waals surface area contributed by atoms with Crippen LogP contribution in [0.25, 0.3) is 0 Å². The molecule has 0 aliphatic heterocycles. The van der Waals surface area contributed by atoms with Gasteiger partial charge in [-0.2, -0.15) is 0 Å². The summed E-state index contributed by atoms with van der Waals surface area (Å²) in [6, 6.07) is -1.83. The molecule has 0 aliphatic carbocycles. The van der Waals surface area contributed by atoms with Crippen LogP contribution in [0.5, 0.6) is 0 Å². The van der Waals surface area contributed by atoms with E-state index in [1.165, 1.54) is 0 Å². The third-order valence-corrected chi connectivity index (χ3v) is 2.67. The lowest BCUT2D eigenvalue weighted by atomic mass is 10.0. The molecule has 0 bridgehead atoms. The molecular formula is C14H26N2O5. The molecule has 0 aromatic carbocycles. The molecule has 3 N–H and O–H groups in total. The fourth-order valence-corrected chi connectivity index (χ4v) is 1.78. The van der Waals surface area contributed by atoms with Crippen LogP contribution in [-0.2, 0) is 19.1 Å². The molecule has 0 saturated heterocycles. The third kappa shape index (κ3) is 7.65. The van der Waals surface area contributed by atoms with Gasteiger partial charge in [-0.15, -0.1) is 0 Å². The summed E-state index contributed by atoms with van der Waals surface area (Å²) in [6.07, 6.45) is -0.410. The van der Waals surface area contributed by atoms with E-state index in [1.807, 2.05) is 13.8 Å². The molecule has 1 amide bonds. The molecule has 0 rings (SSSR count). The Bertz CT molecular complexity index is 387. The molecule has 0 aromatic heterocycles. The molecule has 0 heterocycles. The Balaban J connectivity index is 4.75. The zero-order valence-corrected chi connectivity index (χ0v) is 13.5. The van der Waals surface area contributed by atoms with E-state index in [-0.39, 0.29) is 5.92 Å². The van der Waals surface area contributed by atoms with E-state index < -0.39 is 42.0 Å². The van der Waals surface area contributed by atoms with Gasteiger partial charge in [-0.25, -0.2) is 4.79 Å². The molecule has 0 aliphatic rings. The maximum atomic E-state index is 12.0. The molecule has 7 heteroatoms. The number of esters is 1. The van der Waals surface area contributed by atoms with Gasteiger partial charge in [-0.05, 0) is 33.7 Å². The Kier molecular flexibility index (Phi) is 7.35. The molecule has 21 heavy (non-hydrogen) atoms. The predicted octanol–water partition coefficient (Wildman–Crippen LogP) is 0.532. The van der Waals surface area contributed by atoms with E-state index in [1.54, 1.807) is 27.8 Å². The molecule has 122 valence electrons. The van der Waals surface area contributed by atoms with E-state index in [0.29, 0.717) is 0 Å². The normalized spacial score (nSPS) is 14.4. The summed E-state index contributed by atoms with van der Waals surface area (Å²) in [5.41, 5.74) is -0.699. The molecule has 0 radical (unpaired) electrons.